The number of carbonyl (C=O) groups is 1. The van der Waals surface area contributed by atoms with Crippen LogP contribution in [0.15, 0.2) is 36.0 Å². The van der Waals surface area contributed by atoms with Crippen molar-refractivity contribution in [1.82, 2.24) is 4.98 Å². The lowest BCUT2D eigenvalue weighted by Gasteiger charge is -1.98. The van der Waals surface area contributed by atoms with Gasteiger partial charge in [0, 0.05) is 15.6 Å². The number of fused-ring (bicyclic) bond motifs is 1. The lowest BCUT2D eigenvalue weighted by atomic mass is 10.1. The number of rotatable bonds is 2. The lowest BCUT2D eigenvalue weighted by Crippen LogP contribution is -2.02. The Morgan fingerprint density at radius 3 is 2.94 bits per heavy atom. The molecule has 3 aromatic heterocycles. The first-order valence-electron chi connectivity index (χ1n) is 4.87. The molecule has 5 heteroatoms. The molecule has 0 aliphatic heterocycles. The second-order valence-corrected chi connectivity index (χ2v) is 5.48. The van der Waals surface area contributed by atoms with Crippen LogP contribution >= 0.6 is 22.7 Å². The third kappa shape index (κ3) is 1.77. The molecule has 17 heavy (non-hydrogen) atoms. The highest BCUT2D eigenvalue weighted by Gasteiger charge is 2.16. The zero-order valence-corrected chi connectivity index (χ0v) is 10.1. The monoisotopic (exact) mass is 263 g/mol. The summed E-state index contributed by atoms with van der Waals surface area (Å²) in [5.74, 6) is -0.854. The zero-order valence-electron chi connectivity index (χ0n) is 8.51. The number of thiophene rings is 2. The summed E-state index contributed by atoms with van der Waals surface area (Å²) in [4.78, 5) is 16.3. The van der Waals surface area contributed by atoms with Crippen LogP contribution in [0.2, 0.25) is 0 Å². The van der Waals surface area contributed by atoms with Gasteiger partial charge in [0.1, 0.15) is 0 Å². The number of carbonyl (C=O) groups excluding carboxylic acids is 1. The van der Waals surface area contributed by atoms with Gasteiger partial charge in [-0.15, -0.1) is 22.7 Å². The summed E-state index contributed by atoms with van der Waals surface area (Å²) in [5.41, 5.74) is 0.0777. The van der Waals surface area contributed by atoms with Crippen LogP contribution in [-0.4, -0.2) is 10.8 Å². The van der Waals surface area contributed by atoms with Crippen molar-refractivity contribution >= 4 is 37.9 Å². The third-order valence-electron chi connectivity index (χ3n) is 2.38. The smallest absolute Gasteiger partial charge is 0.206 e. The maximum absolute atomic E-state index is 13.4. The third-order valence-corrected chi connectivity index (χ3v) is 4.47. The summed E-state index contributed by atoms with van der Waals surface area (Å²) in [6.07, 6.45) is 2.48. The molecule has 0 saturated heterocycles. The van der Waals surface area contributed by atoms with Gasteiger partial charge in [-0.05, 0) is 23.6 Å². The van der Waals surface area contributed by atoms with Crippen molar-refractivity contribution in [3.8, 4) is 0 Å². The van der Waals surface area contributed by atoms with E-state index in [9.17, 15) is 9.18 Å². The molecule has 2 nitrogen and oxygen atoms in total. The number of pyridine rings is 1. The predicted molar refractivity (Wildman–Crippen MR) is 67.3 cm³/mol. The van der Waals surface area contributed by atoms with E-state index < -0.39 is 5.82 Å². The van der Waals surface area contributed by atoms with Crippen molar-refractivity contribution in [2.75, 3.05) is 0 Å². The van der Waals surface area contributed by atoms with Gasteiger partial charge in [-0.3, -0.25) is 9.78 Å². The second kappa shape index (κ2) is 4.01. The van der Waals surface area contributed by atoms with Gasteiger partial charge < -0.3 is 0 Å². The van der Waals surface area contributed by atoms with Crippen LogP contribution in [0.4, 0.5) is 4.39 Å². The largest absolute Gasteiger partial charge is 0.288 e. The van der Waals surface area contributed by atoms with Crippen LogP contribution in [0.3, 0.4) is 0 Å². The van der Waals surface area contributed by atoms with Gasteiger partial charge in [0.15, 0.2) is 5.82 Å². The first-order valence-corrected chi connectivity index (χ1v) is 6.56. The molecule has 3 rings (SSSR count). The molecule has 0 bridgehead atoms. The predicted octanol–water partition coefficient (Wildman–Crippen LogP) is 3.73. The first-order chi connectivity index (χ1) is 8.25. The molecule has 3 aromatic rings. The van der Waals surface area contributed by atoms with Gasteiger partial charge in [-0.25, -0.2) is 4.39 Å². The van der Waals surface area contributed by atoms with Crippen LogP contribution in [0, 0.1) is 5.82 Å². The molecule has 0 spiro atoms. The number of halogens is 1. The van der Waals surface area contributed by atoms with E-state index in [1.54, 1.807) is 11.3 Å². The van der Waals surface area contributed by atoms with E-state index in [4.69, 9.17) is 0 Å². The van der Waals surface area contributed by atoms with Gasteiger partial charge >= 0.3 is 0 Å². The Balaban J connectivity index is 2.08. The van der Waals surface area contributed by atoms with Gasteiger partial charge in [0.05, 0.1) is 16.6 Å². The highest BCUT2D eigenvalue weighted by atomic mass is 32.1. The fourth-order valence-corrected chi connectivity index (χ4v) is 3.63. The van der Waals surface area contributed by atoms with Crippen molar-refractivity contribution in [3.05, 3.63) is 52.2 Å². The van der Waals surface area contributed by atoms with Crippen molar-refractivity contribution in [3.63, 3.8) is 0 Å². The molecule has 0 aliphatic rings. The maximum atomic E-state index is 13.4. The van der Waals surface area contributed by atoms with Crippen molar-refractivity contribution in [2.45, 2.75) is 0 Å². The molecule has 3 heterocycles. The topological polar surface area (TPSA) is 30.0 Å². The quantitative estimate of drug-likeness (QED) is 0.659. The van der Waals surface area contributed by atoms with Gasteiger partial charge in [-0.1, -0.05) is 0 Å². The van der Waals surface area contributed by atoms with Crippen LogP contribution < -0.4 is 0 Å². The molecule has 0 fully saturated rings. The minimum absolute atomic E-state index is 0.0777. The molecule has 0 atom stereocenters. The molecule has 0 radical (unpaired) electrons. The average Bonchev–Trinajstić information content (AvgIpc) is 2.88. The van der Waals surface area contributed by atoms with E-state index in [1.807, 2.05) is 17.5 Å². The van der Waals surface area contributed by atoms with E-state index in [2.05, 4.69) is 4.98 Å². The highest BCUT2D eigenvalue weighted by Crippen LogP contribution is 2.31. The summed E-state index contributed by atoms with van der Waals surface area (Å²) < 4.78 is 15.6. The Morgan fingerprint density at radius 2 is 2.18 bits per heavy atom. The minimum Gasteiger partial charge on any atom is -0.288 e. The molecular formula is C12H6FNOS2. The van der Waals surface area contributed by atoms with Crippen molar-refractivity contribution in [1.29, 1.82) is 0 Å². The zero-order chi connectivity index (χ0) is 11.8. The van der Waals surface area contributed by atoms with Crippen molar-refractivity contribution in [2.24, 2.45) is 0 Å². The lowest BCUT2D eigenvalue weighted by molar-refractivity contribution is 0.103. The Bertz CT molecular complexity index is 673. The first kappa shape index (κ1) is 10.6. The number of aromatic nitrogens is 1. The molecule has 0 aliphatic carbocycles. The second-order valence-electron chi connectivity index (χ2n) is 3.44. The molecule has 0 aromatic carbocycles. The van der Waals surface area contributed by atoms with Gasteiger partial charge in [0.2, 0.25) is 5.78 Å². The summed E-state index contributed by atoms with van der Waals surface area (Å²) in [6.45, 7) is 0. The molecule has 0 amide bonds. The number of ketones is 1. The average molecular weight is 263 g/mol. The van der Waals surface area contributed by atoms with E-state index in [1.165, 1.54) is 23.6 Å². The van der Waals surface area contributed by atoms with Crippen LogP contribution in [0.25, 0.3) is 9.40 Å². The van der Waals surface area contributed by atoms with E-state index in [-0.39, 0.29) is 11.3 Å². The SMILES string of the molecule is O=C(c1cc2sccc2s1)c1ccncc1F. The number of nitrogens with zero attached hydrogens (tertiary/aromatic N) is 1. The standard InChI is InChI=1S/C12H6FNOS2/c13-8-6-14-3-1-7(8)12(15)11-5-10-9(17-11)2-4-16-10/h1-6H. The summed E-state index contributed by atoms with van der Waals surface area (Å²) in [7, 11) is 0. The van der Waals surface area contributed by atoms with Crippen LogP contribution in [0.1, 0.15) is 15.2 Å². The van der Waals surface area contributed by atoms with Crippen LogP contribution in [-0.2, 0) is 0 Å². The molecule has 84 valence electrons. The Kier molecular flexibility index (Phi) is 2.49. The highest BCUT2D eigenvalue weighted by molar-refractivity contribution is 7.28. The Morgan fingerprint density at radius 1 is 1.29 bits per heavy atom. The number of hydrogen-bond acceptors (Lipinski definition) is 4. The number of hydrogen-bond donors (Lipinski definition) is 0. The van der Waals surface area contributed by atoms with Gasteiger partial charge in [0.25, 0.3) is 0 Å². The maximum Gasteiger partial charge on any atom is 0.206 e. The molecule has 0 N–H and O–H groups in total. The molecule has 0 saturated carbocycles. The Labute approximate surface area is 104 Å². The summed E-state index contributed by atoms with van der Waals surface area (Å²) in [6, 6.07) is 5.18. The van der Waals surface area contributed by atoms with E-state index in [0.29, 0.717) is 4.88 Å². The fourth-order valence-electron chi connectivity index (χ4n) is 1.57. The van der Waals surface area contributed by atoms with Crippen LogP contribution in [0.5, 0.6) is 0 Å². The summed E-state index contributed by atoms with van der Waals surface area (Å²) in [5, 5.41) is 1.97. The minimum atomic E-state index is -0.575. The molecular weight excluding hydrogens is 257 g/mol. The van der Waals surface area contributed by atoms with E-state index >= 15 is 0 Å². The Hall–Kier alpha value is -1.59. The van der Waals surface area contributed by atoms with Crippen molar-refractivity contribution < 1.29 is 9.18 Å². The van der Waals surface area contributed by atoms with E-state index in [0.717, 1.165) is 15.6 Å². The fraction of sp³-hybridized carbons (Fsp3) is 0. The van der Waals surface area contributed by atoms with Gasteiger partial charge in [-0.2, -0.15) is 0 Å². The molecule has 0 unspecified atom stereocenters. The summed E-state index contributed by atoms with van der Waals surface area (Å²) >= 11 is 2.97. The normalized spacial score (nSPS) is 10.9.